The molecule has 2 saturated heterocycles. The average molecular weight is 453 g/mol. The van der Waals surface area contributed by atoms with Gasteiger partial charge >= 0.3 is 5.97 Å². The molecule has 3 aliphatic heterocycles. The van der Waals surface area contributed by atoms with E-state index in [1.807, 2.05) is 30.3 Å². The number of hydrogen-bond donors (Lipinski definition) is 2. The van der Waals surface area contributed by atoms with Crippen molar-refractivity contribution in [1.82, 2.24) is 10.2 Å². The topological polar surface area (TPSA) is 105 Å². The van der Waals surface area contributed by atoms with Gasteiger partial charge in [-0.2, -0.15) is 0 Å². The van der Waals surface area contributed by atoms with Gasteiger partial charge in [-0.15, -0.1) is 0 Å². The fourth-order valence-corrected chi connectivity index (χ4v) is 4.48. The number of carbonyl (C=O) groups excluding carboxylic acids is 2. The van der Waals surface area contributed by atoms with E-state index in [9.17, 15) is 14.4 Å². The number of carboxylic acids is 1. The molecule has 2 bridgehead atoms. The molecule has 6 rings (SSSR count). The van der Waals surface area contributed by atoms with Crippen LogP contribution in [0.4, 0.5) is 0 Å². The molecule has 3 unspecified atom stereocenters. The summed E-state index contributed by atoms with van der Waals surface area (Å²) in [5, 5.41) is 11.1. The average Bonchev–Trinajstić information content (AvgIpc) is 3.54. The zero-order chi connectivity index (χ0) is 23.4. The number of rotatable bonds is 7. The van der Waals surface area contributed by atoms with Crippen LogP contribution in [0.3, 0.4) is 0 Å². The zero-order valence-corrected chi connectivity index (χ0v) is 18.5. The van der Waals surface area contributed by atoms with Gasteiger partial charge in [0.2, 0.25) is 5.91 Å². The number of ether oxygens (including phenoxy) is 2. The molecule has 8 nitrogen and oxygen atoms in total. The lowest BCUT2D eigenvalue weighted by molar-refractivity contribution is -0.138. The summed E-state index contributed by atoms with van der Waals surface area (Å²) in [6.45, 7) is -0.0553. The summed E-state index contributed by atoms with van der Waals surface area (Å²) in [6.07, 6.45) is 5.39. The maximum atomic E-state index is 12.9. The first-order valence-electron chi connectivity index (χ1n) is 11.1. The Morgan fingerprint density at radius 2 is 1.82 bits per heavy atom. The van der Waals surface area contributed by atoms with Crippen LogP contribution >= 0.6 is 0 Å². The van der Waals surface area contributed by atoms with Gasteiger partial charge in [0, 0.05) is 12.1 Å². The number of carboxylic acid groups (broad SMARTS) is 1. The Bertz CT molecular complexity index is 1000. The third kappa shape index (κ3) is 5.34. The number of carbonyl (C=O) groups is 3. The fraction of sp³-hybridized carbons (Fsp3) is 0.400. The third-order valence-corrected chi connectivity index (χ3v) is 6.26. The highest BCUT2D eigenvalue weighted by Crippen LogP contribution is 2.36. The molecule has 33 heavy (non-hydrogen) atoms. The van der Waals surface area contributed by atoms with E-state index in [1.54, 1.807) is 30.2 Å². The van der Waals surface area contributed by atoms with E-state index in [2.05, 4.69) is 5.32 Å². The van der Waals surface area contributed by atoms with Gasteiger partial charge in [0.1, 0.15) is 12.3 Å². The predicted molar refractivity (Wildman–Crippen MR) is 120 cm³/mol. The smallest absolute Gasteiger partial charge is 0.322 e. The molecule has 2 N–H and O–H groups in total. The number of nitrogens with zero attached hydrogens (tertiary/aromatic N) is 1. The summed E-state index contributed by atoms with van der Waals surface area (Å²) >= 11 is 0. The number of hydrogen-bond acceptors (Lipinski definition) is 5. The van der Waals surface area contributed by atoms with Gasteiger partial charge < -0.3 is 24.8 Å². The van der Waals surface area contributed by atoms with E-state index in [0.29, 0.717) is 30.1 Å². The number of methoxy groups -OCH3 is 1. The molecule has 0 aromatic heterocycles. The molecule has 2 aromatic carbocycles. The van der Waals surface area contributed by atoms with E-state index >= 15 is 0 Å². The predicted octanol–water partition coefficient (Wildman–Crippen LogP) is 2.92. The van der Waals surface area contributed by atoms with Crippen molar-refractivity contribution >= 4 is 17.8 Å². The molecule has 1 saturated carbocycles. The summed E-state index contributed by atoms with van der Waals surface area (Å²) in [7, 11) is 1.56. The Kier molecular flexibility index (Phi) is 6.93. The molecule has 1 aliphatic carbocycles. The van der Waals surface area contributed by atoms with Crippen LogP contribution in [0.1, 0.15) is 53.2 Å². The van der Waals surface area contributed by atoms with Crippen LogP contribution in [0.25, 0.3) is 0 Å². The third-order valence-electron chi connectivity index (χ3n) is 6.26. The second-order valence-corrected chi connectivity index (χ2v) is 8.45. The monoisotopic (exact) mass is 452 g/mol. The van der Waals surface area contributed by atoms with E-state index in [-0.39, 0.29) is 12.3 Å². The van der Waals surface area contributed by atoms with Gasteiger partial charge in [-0.25, -0.2) is 0 Å². The van der Waals surface area contributed by atoms with Crippen molar-refractivity contribution in [2.45, 2.75) is 50.5 Å². The molecule has 3 fully saturated rings. The molecular formula is C25H28N2O6. The van der Waals surface area contributed by atoms with Crippen molar-refractivity contribution in [2.75, 3.05) is 13.7 Å². The van der Waals surface area contributed by atoms with Crippen molar-refractivity contribution < 1.29 is 29.0 Å². The Morgan fingerprint density at radius 3 is 2.36 bits per heavy atom. The van der Waals surface area contributed by atoms with E-state index in [1.165, 1.54) is 19.3 Å². The summed E-state index contributed by atoms with van der Waals surface area (Å²) in [6, 6.07) is 14.0. The Labute approximate surface area is 192 Å². The SMILES string of the molecule is C1CC2CC1O2.COc1ccc(C(CC(=O)NCC(=O)O)N2Cc3ccccc3C2=O)cc1. The Hall–Kier alpha value is -3.39. The van der Waals surface area contributed by atoms with Crippen LogP contribution in [0.2, 0.25) is 0 Å². The van der Waals surface area contributed by atoms with Crippen molar-refractivity contribution in [1.29, 1.82) is 0 Å². The molecule has 2 amide bonds. The molecule has 0 spiro atoms. The van der Waals surface area contributed by atoms with Gasteiger partial charge in [-0.05, 0) is 48.6 Å². The number of aliphatic carboxylic acids is 1. The second-order valence-electron chi connectivity index (χ2n) is 8.45. The minimum absolute atomic E-state index is 0.0284. The Balaban J connectivity index is 0.000000367. The largest absolute Gasteiger partial charge is 0.497 e. The summed E-state index contributed by atoms with van der Waals surface area (Å²) in [5.41, 5.74) is 2.32. The van der Waals surface area contributed by atoms with E-state index in [0.717, 1.165) is 11.1 Å². The molecule has 0 radical (unpaired) electrons. The zero-order valence-electron chi connectivity index (χ0n) is 18.5. The molecule has 3 heterocycles. The number of nitrogens with one attached hydrogen (secondary N) is 1. The van der Waals surface area contributed by atoms with E-state index < -0.39 is 24.5 Å². The number of amides is 2. The van der Waals surface area contributed by atoms with Gasteiger partial charge in [0.15, 0.2) is 0 Å². The summed E-state index contributed by atoms with van der Waals surface area (Å²) < 4.78 is 10.4. The maximum Gasteiger partial charge on any atom is 0.322 e. The van der Waals surface area contributed by atoms with E-state index in [4.69, 9.17) is 14.6 Å². The van der Waals surface area contributed by atoms with Crippen molar-refractivity contribution in [3.8, 4) is 5.75 Å². The fourth-order valence-electron chi connectivity index (χ4n) is 4.48. The van der Waals surface area contributed by atoms with Crippen LogP contribution in [0, 0.1) is 0 Å². The first-order valence-corrected chi connectivity index (χ1v) is 11.1. The standard InChI is InChI=1S/C20H20N2O5.C5H8O/c1-27-15-8-6-13(7-9-15)17(10-18(23)21-11-19(24)25)22-12-14-4-2-3-5-16(14)20(22)26;1-2-5-3-4(1)6-5/h2-9,17H,10-12H2,1H3,(H,21,23)(H,24,25);4-5H,1-3H2. The Morgan fingerprint density at radius 1 is 1.15 bits per heavy atom. The van der Waals surface area contributed by atoms with Gasteiger partial charge in [0.25, 0.3) is 5.91 Å². The first-order chi connectivity index (χ1) is 15.9. The maximum absolute atomic E-state index is 12.9. The minimum Gasteiger partial charge on any atom is -0.497 e. The summed E-state index contributed by atoms with van der Waals surface area (Å²) in [5.74, 6) is -1.02. The summed E-state index contributed by atoms with van der Waals surface area (Å²) in [4.78, 5) is 37.5. The van der Waals surface area contributed by atoms with Gasteiger partial charge in [-0.1, -0.05) is 30.3 Å². The number of fused-ring (bicyclic) bond motifs is 2. The van der Waals surface area contributed by atoms with Crippen LogP contribution in [-0.2, 0) is 20.9 Å². The van der Waals surface area contributed by atoms with Crippen LogP contribution in [0.15, 0.2) is 48.5 Å². The van der Waals surface area contributed by atoms with Crippen LogP contribution in [0.5, 0.6) is 5.75 Å². The van der Waals surface area contributed by atoms with Crippen molar-refractivity contribution in [3.05, 3.63) is 65.2 Å². The molecule has 8 heteroatoms. The minimum atomic E-state index is -1.12. The lowest BCUT2D eigenvalue weighted by Gasteiger charge is -2.28. The van der Waals surface area contributed by atoms with Gasteiger partial charge in [0.05, 0.1) is 31.8 Å². The van der Waals surface area contributed by atoms with Crippen LogP contribution < -0.4 is 10.1 Å². The highest BCUT2D eigenvalue weighted by atomic mass is 16.5. The van der Waals surface area contributed by atoms with Crippen molar-refractivity contribution in [2.24, 2.45) is 0 Å². The second kappa shape index (κ2) is 10.0. The lowest BCUT2D eigenvalue weighted by Crippen LogP contribution is -2.36. The molecule has 4 aliphatic rings. The quantitative estimate of drug-likeness (QED) is 0.669. The first kappa shape index (κ1) is 22.8. The molecule has 174 valence electrons. The lowest BCUT2D eigenvalue weighted by atomic mass is 10.0. The number of benzene rings is 2. The van der Waals surface area contributed by atoms with Crippen molar-refractivity contribution in [3.63, 3.8) is 0 Å². The molecule has 3 atom stereocenters. The molecule has 2 aromatic rings. The van der Waals surface area contributed by atoms with Gasteiger partial charge in [-0.3, -0.25) is 14.4 Å². The molecular weight excluding hydrogens is 424 g/mol. The highest BCUT2D eigenvalue weighted by Gasteiger charge is 2.37. The van der Waals surface area contributed by atoms with Crippen LogP contribution in [-0.4, -0.2) is 53.7 Å². The highest BCUT2D eigenvalue weighted by molar-refractivity contribution is 5.99. The normalized spacial score (nSPS) is 20.8.